The molecule has 0 heterocycles. The summed E-state index contributed by atoms with van der Waals surface area (Å²) >= 11 is 0. The zero-order valence-electron chi connectivity index (χ0n) is 20.9. The van der Waals surface area contributed by atoms with Crippen molar-refractivity contribution in [1.82, 2.24) is 10.2 Å². The molecule has 1 saturated carbocycles. The largest absolute Gasteiger partial charge is 0.497 e. The van der Waals surface area contributed by atoms with Crippen LogP contribution >= 0.6 is 0 Å². The molecule has 0 saturated heterocycles. The molecule has 2 amide bonds. The molecule has 0 spiro atoms. The zero-order valence-corrected chi connectivity index (χ0v) is 20.9. The minimum Gasteiger partial charge on any atom is -0.497 e. The highest BCUT2D eigenvalue weighted by Crippen LogP contribution is 2.21. The smallest absolute Gasteiger partial charge is 0.261 e. The summed E-state index contributed by atoms with van der Waals surface area (Å²) in [7, 11) is 1.62. The van der Waals surface area contributed by atoms with E-state index in [0.717, 1.165) is 48.1 Å². The Labute approximate surface area is 203 Å². The van der Waals surface area contributed by atoms with Crippen LogP contribution in [0, 0.1) is 13.8 Å². The fraction of sp³-hybridized carbons (Fsp3) is 0.500. The fourth-order valence-corrected chi connectivity index (χ4v) is 4.58. The van der Waals surface area contributed by atoms with Gasteiger partial charge in [-0.15, -0.1) is 0 Å². The number of hydrogen-bond donors (Lipinski definition) is 1. The normalized spacial score (nSPS) is 14.8. The van der Waals surface area contributed by atoms with E-state index < -0.39 is 6.04 Å². The molecule has 184 valence electrons. The molecule has 2 aromatic carbocycles. The molecular formula is C28H38N2O4. The van der Waals surface area contributed by atoms with E-state index in [1.807, 2.05) is 63.2 Å². The van der Waals surface area contributed by atoms with Gasteiger partial charge in [-0.1, -0.05) is 56.0 Å². The van der Waals surface area contributed by atoms with Crippen molar-refractivity contribution in [2.45, 2.75) is 77.9 Å². The van der Waals surface area contributed by atoms with Crippen LogP contribution in [0.15, 0.2) is 42.5 Å². The summed E-state index contributed by atoms with van der Waals surface area (Å²) in [5.41, 5.74) is 3.06. The van der Waals surface area contributed by atoms with Crippen molar-refractivity contribution in [1.29, 1.82) is 0 Å². The lowest BCUT2D eigenvalue weighted by Gasteiger charge is -2.32. The molecule has 34 heavy (non-hydrogen) atoms. The Morgan fingerprint density at radius 2 is 1.76 bits per heavy atom. The molecule has 0 aliphatic heterocycles. The monoisotopic (exact) mass is 466 g/mol. The number of hydrogen-bond acceptors (Lipinski definition) is 4. The van der Waals surface area contributed by atoms with Gasteiger partial charge in [0, 0.05) is 12.6 Å². The molecule has 1 aliphatic rings. The van der Waals surface area contributed by atoms with E-state index in [2.05, 4.69) is 5.32 Å². The highest BCUT2D eigenvalue weighted by atomic mass is 16.5. The van der Waals surface area contributed by atoms with Gasteiger partial charge < -0.3 is 19.7 Å². The summed E-state index contributed by atoms with van der Waals surface area (Å²) < 4.78 is 11.1. The Balaban J connectivity index is 1.77. The lowest BCUT2D eigenvalue weighted by atomic mass is 9.95. The number of benzene rings is 2. The van der Waals surface area contributed by atoms with Gasteiger partial charge in [-0.25, -0.2) is 0 Å². The number of rotatable bonds is 10. The van der Waals surface area contributed by atoms with Crippen LogP contribution < -0.4 is 14.8 Å². The fourth-order valence-electron chi connectivity index (χ4n) is 4.58. The number of ether oxygens (including phenoxy) is 2. The molecule has 1 fully saturated rings. The van der Waals surface area contributed by atoms with Gasteiger partial charge in [-0.3, -0.25) is 9.59 Å². The van der Waals surface area contributed by atoms with Crippen LogP contribution in [0.5, 0.6) is 11.5 Å². The predicted molar refractivity (Wildman–Crippen MR) is 134 cm³/mol. The molecule has 2 aromatic rings. The number of methoxy groups -OCH3 is 1. The Kier molecular flexibility index (Phi) is 9.37. The van der Waals surface area contributed by atoms with Gasteiger partial charge in [0.15, 0.2) is 6.61 Å². The number of carbonyl (C=O) groups excluding carboxylic acids is 2. The van der Waals surface area contributed by atoms with E-state index in [9.17, 15) is 9.59 Å². The molecule has 0 radical (unpaired) electrons. The molecular weight excluding hydrogens is 428 g/mol. The molecule has 0 unspecified atom stereocenters. The molecule has 1 atom stereocenters. The van der Waals surface area contributed by atoms with Gasteiger partial charge in [0.05, 0.1) is 7.11 Å². The molecule has 3 rings (SSSR count). The molecule has 6 nitrogen and oxygen atoms in total. The standard InChI is InChI=1S/C28H38N2O4/c1-5-25(28(32)29-23-9-7-6-8-10-23)30(18-22-12-14-24(33-4)15-13-22)27(31)19-34-26-16-11-20(2)17-21(26)3/h11-17,23,25H,5-10,18-19H2,1-4H3,(H,29,32)/t25-/m1/s1. The van der Waals surface area contributed by atoms with Crippen LogP contribution in [-0.4, -0.2) is 42.5 Å². The van der Waals surface area contributed by atoms with E-state index in [0.29, 0.717) is 18.7 Å². The zero-order chi connectivity index (χ0) is 24.5. The van der Waals surface area contributed by atoms with Crippen molar-refractivity contribution in [3.8, 4) is 11.5 Å². The van der Waals surface area contributed by atoms with E-state index in [1.54, 1.807) is 12.0 Å². The second-order valence-corrected chi connectivity index (χ2v) is 9.19. The first-order chi connectivity index (χ1) is 16.4. The maximum atomic E-state index is 13.4. The van der Waals surface area contributed by atoms with Gasteiger partial charge in [-0.05, 0) is 62.4 Å². The maximum absolute atomic E-state index is 13.4. The summed E-state index contributed by atoms with van der Waals surface area (Å²) in [6, 6.07) is 13.1. The highest BCUT2D eigenvalue weighted by molar-refractivity contribution is 5.88. The second kappa shape index (κ2) is 12.4. The van der Waals surface area contributed by atoms with Crippen LogP contribution in [-0.2, 0) is 16.1 Å². The topological polar surface area (TPSA) is 67.9 Å². The summed E-state index contributed by atoms with van der Waals surface area (Å²) in [4.78, 5) is 28.4. The van der Waals surface area contributed by atoms with Gasteiger partial charge in [0.25, 0.3) is 5.91 Å². The third-order valence-corrected chi connectivity index (χ3v) is 6.53. The summed E-state index contributed by atoms with van der Waals surface area (Å²) in [5, 5.41) is 3.20. The molecule has 0 aromatic heterocycles. The van der Waals surface area contributed by atoms with Crippen molar-refractivity contribution in [3.05, 3.63) is 59.2 Å². The average molecular weight is 467 g/mol. The van der Waals surface area contributed by atoms with Crippen LogP contribution in [0.1, 0.15) is 62.1 Å². The molecule has 6 heteroatoms. The van der Waals surface area contributed by atoms with Gasteiger partial charge >= 0.3 is 0 Å². The van der Waals surface area contributed by atoms with Crippen molar-refractivity contribution >= 4 is 11.8 Å². The summed E-state index contributed by atoms with van der Waals surface area (Å²) in [6.45, 7) is 6.15. The Hall–Kier alpha value is -3.02. The van der Waals surface area contributed by atoms with E-state index in [4.69, 9.17) is 9.47 Å². The van der Waals surface area contributed by atoms with Crippen molar-refractivity contribution in [2.24, 2.45) is 0 Å². The first-order valence-corrected chi connectivity index (χ1v) is 12.3. The molecule has 0 bridgehead atoms. The van der Waals surface area contributed by atoms with Crippen LogP contribution in [0.4, 0.5) is 0 Å². The van der Waals surface area contributed by atoms with Gasteiger partial charge in [0.2, 0.25) is 5.91 Å². The lowest BCUT2D eigenvalue weighted by Crippen LogP contribution is -2.52. The summed E-state index contributed by atoms with van der Waals surface area (Å²) in [6.07, 6.45) is 6.04. The van der Waals surface area contributed by atoms with Crippen LogP contribution in [0.3, 0.4) is 0 Å². The highest BCUT2D eigenvalue weighted by Gasteiger charge is 2.30. The number of amides is 2. The Bertz CT molecular complexity index is 951. The first-order valence-electron chi connectivity index (χ1n) is 12.3. The van der Waals surface area contributed by atoms with E-state index >= 15 is 0 Å². The minimum atomic E-state index is -0.556. The summed E-state index contributed by atoms with van der Waals surface area (Å²) in [5.74, 6) is 1.15. The quantitative estimate of drug-likeness (QED) is 0.538. The molecule has 1 aliphatic carbocycles. The van der Waals surface area contributed by atoms with E-state index in [-0.39, 0.29) is 24.5 Å². The number of nitrogens with one attached hydrogen (secondary N) is 1. The van der Waals surface area contributed by atoms with Gasteiger partial charge in [-0.2, -0.15) is 0 Å². The Morgan fingerprint density at radius 1 is 1.06 bits per heavy atom. The predicted octanol–water partition coefficient (Wildman–Crippen LogP) is 4.95. The number of aryl methyl sites for hydroxylation is 2. The number of nitrogens with zero attached hydrogens (tertiary/aromatic N) is 1. The van der Waals surface area contributed by atoms with Crippen molar-refractivity contribution < 1.29 is 19.1 Å². The van der Waals surface area contributed by atoms with Crippen molar-refractivity contribution in [2.75, 3.05) is 13.7 Å². The second-order valence-electron chi connectivity index (χ2n) is 9.19. The van der Waals surface area contributed by atoms with E-state index in [1.165, 1.54) is 6.42 Å². The third kappa shape index (κ3) is 6.99. The van der Waals surface area contributed by atoms with Crippen LogP contribution in [0.2, 0.25) is 0 Å². The Morgan fingerprint density at radius 3 is 2.38 bits per heavy atom. The first kappa shape index (κ1) is 25.6. The van der Waals surface area contributed by atoms with Crippen molar-refractivity contribution in [3.63, 3.8) is 0 Å². The third-order valence-electron chi connectivity index (χ3n) is 6.53. The maximum Gasteiger partial charge on any atom is 0.261 e. The SMILES string of the molecule is CC[C@H](C(=O)NC1CCCCC1)N(Cc1ccc(OC)cc1)C(=O)COc1ccc(C)cc1C. The average Bonchev–Trinajstić information content (AvgIpc) is 2.84. The minimum absolute atomic E-state index is 0.0808. The van der Waals surface area contributed by atoms with Gasteiger partial charge in [0.1, 0.15) is 17.5 Å². The lowest BCUT2D eigenvalue weighted by molar-refractivity contribution is -0.143. The number of carbonyl (C=O) groups is 2. The van der Waals surface area contributed by atoms with Crippen LogP contribution in [0.25, 0.3) is 0 Å². The molecule has 1 N–H and O–H groups in total.